The maximum Gasteiger partial charge on any atom is 0.264 e. The number of carbonyl (C=O) groups is 2. The molecule has 0 saturated heterocycles. The lowest BCUT2D eigenvalue weighted by molar-refractivity contribution is -0.135. The van der Waals surface area contributed by atoms with Crippen LogP contribution in [0.3, 0.4) is 0 Å². The highest BCUT2D eigenvalue weighted by molar-refractivity contribution is 6.10. The number of amides is 1. The van der Waals surface area contributed by atoms with Crippen LogP contribution in [0.15, 0.2) is 79.0 Å². The van der Waals surface area contributed by atoms with E-state index in [1.54, 1.807) is 42.5 Å². The first-order valence-corrected chi connectivity index (χ1v) is 9.35. The van der Waals surface area contributed by atoms with Gasteiger partial charge in [0.2, 0.25) is 0 Å². The van der Waals surface area contributed by atoms with Crippen molar-refractivity contribution in [2.75, 3.05) is 18.1 Å². The molecule has 0 radical (unpaired) electrons. The molecule has 1 amide bonds. The van der Waals surface area contributed by atoms with E-state index < -0.39 is 17.3 Å². The summed E-state index contributed by atoms with van der Waals surface area (Å²) in [5.74, 6) is -0.216. The minimum atomic E-state index is -1.92. The third-order valence-electron chi connectivity index (χ3n) is 4.93. The summed E-state index contributed by atoms with van der Waals surface area (Å²) >= 11 is 0. The number of pyridine rings is 1. The van der Waals surface area contributed by atoms with Crippen LogP contribution in [0.2, 0.25) is 0 Å². The summed E-state index contributed by atoms with van der Waals surface area (Å²) in [6, 6.07) is 21.3. The van der Waals surface area contributed by atoms with Crippen LogP contribution in [-0.2, 0) is 10.4 Å². The Kier molecular flexibility index (Phi) is 5.10. The third-order valence-corrected chi connectivity index (χ3v) is 4.93. The molecule has 1 aromatic heterocycles. The molecule has 0 fully saturated rings. The molecule has 2 aromatic carbocycles. The molecule has 1 atom stereocenters. The Morgan fingerprint density at radius 2 is 1.72 bits per heavy atom. The molecule has 3 aromatic rings. The molecular weight excluding hydrogens is 368 g/mol. The van der Waals surface area contributed by atoms with Crippen molar-refractivity contribution in [3.8, 4) is 5.75 Å². The van der Waals surface area contributed by atoms with Crippen molar-refractivity contribution >= 4 is 17.4 Å². The number of rotatable bonds is 7. The normalized spacial score (nSPS) is 17.8. The van der Waals surface area contributed by atoms with Crippen LogP contribution in [0, 0.1) is 0 Å². The Morgan fingerprint density at radius 1 is 1.00 bits per heavy atom. The van der Waals surface area contributed by atoms with Gasteiger partial charge in [-0.3, -0.25) is 14.6 Å². The molecule has 29 heavy (non-hydrogen) atoms. The van der Waals surface area contributed by atoms with Crippen molar-refractivity contribution in [3.63, 3.8) is 0 Å². The number of ketones is 1. The second-order valence-electron chi connectivity index (χ2n) is 6.81. The van der Waals surface area contributed by atoms with Crippen LogP contribution < -0.4 is 9.64 Å². The third kappa shape index (κ3) is 3.62. The van der Waals surface area contributed by atoms with E-state index in [4.69, 9.17) is 4.74 Å². The van der Waals surface area contributed by atoms with Gasteiger partial charge in [-0.05, 0) is 30.3 Å². The fourth-order valence-corrected chi connectivity index (χ4v) is 3.52. The zero-order valence-electron chi connectivity index (χ0n) is 15.7. The number of hydrogen-bond acceptors (Lipinski definition) is 5. The van der Waals surface area contributed by atoms with E-state index in [-0.39, 0.29) is 25.3 Å². The average Bonchev–Trinajstić information content (AvgIpc) is 2.97. The van der Waals surface area contributed by atoms with Crippen molar-refractivity contribution in [2.45, 2.75) is 12.0 Å². The maximum atomic E-state index is 13.1. The van der Waals surface area contributed by atoms with Gasteiger partial charge < -0.3 is 14.7 Å². The highest BCUT2D eigenvalue weighted by atomic mass is 16.5. The highest BCUT2D eigenvalue weighted by Crippen LogP contribution is 2.42. The molecule has 6 heteroatoms. The highest BCUT2D eigenvalue weighted by Gasteiger charge is 2.50. The first kappa shape index (κ1) is 18.8. The Hall–Kier alpha value is -3.51. The lowest BCUT2D eigenvalue weighted by Crippen LogP contribution is -2.43. The molecule has 1 aliphatic heterocycles. The van der Waals surface area contributed by atoms with Crippen LogP contribution in [0.5, 0.6) is 5.75 Å². The molecule has 1 N–H and O–H groups in total. The van der Waals surface area contributed by atoms with E-state index in [9.17, 15) is 14.7 Å². The molecule has 0 bridgehead atoms. The van der Waals surface area contributed by atoms with Gasteiger partial charge in [-0.2, -0.15) is 0 Å². The van der Waals surface area contributed by atoms with Crippen LogP contribution in [0.4, 0.5) is 5.69 Å². The zero-order chi connectivity index (χ0) is 20.3. The molecule has 146 valence electrons. The number of hydrogen-bond donors (Lipinski definition) is 1. The number of Topliss-reactive ketones (excluding diaryl/α,β-unsaturated/α-hetero) is 1. The molecule has 6 nitrogen and oxygen atoms in total. The fraction of sp³-hybridized carbons (Fsp3) is 0.174. The van der Waals surface area contributed by atoms with E-state index in [2.05, 4.69) is 4.98 Å². The second kappa shape index (κ2) is 7.85. The number of ether oxygens (including phenoxy) is 1. The van der Waals surface area contributed by atoms with Gasteiger partial charge in [-0.1, -0.05) is 42.5 Å². The molecule has 2 heterocycles. The molecular formula is C23H20N2O4. The Bertz CT molecular complexity index is 1020. The average molecular weight is 388 g/mol. The van der Waals surface area contributed by atoms with Crippen LogP contribution in [0.25, 0.3) is 0 Å². The number of nitrogens with zero attached hydrogens (tertiary/aromatic N) is 2. The predicted octanol–water partition coefficient (Wildman–Crippen LogP) is 2.97. The SMILES string of the molecule is O=C(CC1(O)C(=O)N(CCOc2ccccc2)c2ccccc21)c1ccccn1. The number of para-hydroxylation sites is 2. The summed E-state index contributed by atoms with van der Waals surface area (Å²) in [6.07, 6.45) is 1.14. The monoisotopic (exact) mass is 388 g/mol. The summed E-state index contributed by atoms with van der Waals surface area (Å²) in [6.45, 7) is 0.513. The molecule has 0 aliphatic carbocycles. The largest absolute Gasteiger partial charge is 0.492 e. The number of fused-ring (bicyclic) bond motifs is 1. The van der Waals surface area contributed by atoms with E-state index >= 15 is 0 Å². The molecule has 0 saturated carbocycles. The van der Waals surface area contributed by atoms with E-state index in [0.717, 1.165) is 0 Å². The van der Waals surface area contributed by atoms with Gasteiger partial charge in [0.1, 0.15) is 18.1 Å². The molecule has 1 unspecified atom stereocenters. The van der Waals surface area contributed by atoms with Gasteiger partial charge in [-0.15, -0.1) is 0 Å². The minimum Gasteiger partial charge on any atom is -0.492 e. The van der Waals surface area contributed by atoms with Gasteiger partial charge in [0.15, 0.2) is 11.4 Å². The summed E-state index contributed by atoms with van der Waals surface area (Å²) in [5.41, 5.74) is -0.686. The standard InChI is InChI=1S/C23H20N2O4/c26-21(19-11-6-7-13-24-19)16-23(28)18-10-4-5-12-20(18)25(22(23)27)14-15-29-17-8-2-1-3-9-17/h1-13,28H,14-16H2. The van der Waals surface area contributed by atoms with Crippen molar-refractivity contribution in [1.82, 2.24) is 4.98 Å². The summed E-state index contributed by atoms with van der Waals surface area (Å²) < 4.78 is 5.70. The van der Waals surface area contributed by atoms with E-state index in [1.807, 2.05) is 30.3 Å². The maximum absolute atomic E-state index is 13.1. The molecule has 4 rings (SSSR count). The summed E-state index contributed by atoms with van der Waals surface area (Å²) in [5, 5.41) is 11.2. The zero-order valence-corrected chi connectivity index (χ0v) is 15.7. The number of benzene rings is 2. The first-order valence-electron chi connectivity index (χ1n) is 9.35. The van der Waals surface area contributed by atoms with Gasteiger partial charge in [0.05, 0.1) is 18.7 Å². The summed E-state index contributed by atoms with van der Waals surface area (Å²) in [7, 11) is 0. The van der Waals surface area contributed by atoms with Crippen LogP contribution >= 0.6 is 0 Å². The quantitative estimate of drug-likeness (QED) is 0.630. The van der Waals surface area contributed by atoms with Gasteiger partial charge in [0, 0.05) is 11.8 Å². The van der Waals surface area contributed by atoms with Gasteiger partial charge in [0.25, 0.3) is 5.91 Å². The molecule has 1 aliphatic rings. The Labute approximate surface area is 168 Å². The lowest BCUT2D eigenvalue weighted by Gasteiger charge is -2.22. The predicted molar refractivity (Wildman–Crippen MR) is 108 cm³/mol. The van der Waals surface area contributed by atoms with Crippen molar-refractivity contribution in [1.29, 1.82) is 0 Å². The Balaban J connectivity index is 1.54. The topological polar surface area (TPSA) is 79.7 Å². The van der Waals surface area contributed by atoms with Crippen molar-refractivity contribution in [2.24, 2.45) is 0 Å². The van der Waals surface area contributed by atoms with Crippen molar-refractivity contribution in [3.05, 3.63) is 90.3 Å². The van der Waals surface area contributed by atoms with E-state index in [1.165, 1.54) is 11.1 Å². The van der Waals surface area contributed by atoms with Crippen LogP contribution in [-0.4, -0.2) is 34.9 Å². The number of carbonyl (C=O) groups excluding carboxylic acids is 2. The minimum absolute atomic E-state index is 0.220. The van der Waals surface area contributed by atoms with E-state index in [0.29, 0.717) is 17.0 Å². The number of aliphatic hydroxyl groups is 1. The smallest absolute Gasteiger partial charge is 0.264 e. The number of aromatic nitrogens is 1. The van der Waals surface area contributed by atoms with Gasteiger partial charge in [-0.25, -0.2) is 0 Å². The second-order valence-corrected chi connectivity index (χ2v) is 6.81. The Morgan fingerprint density at radius 3 is 2.48 bits per heavy atom. The molecule has 0 spiro atoms. The van der Waals surface area contributed by atoms with Crippen LogP contribution in [0.1, 0.15) is 22.5 Å². The number of anilines is 1. The first-order chi connectivity index (χ1) is 14.1. The fourth-order valence-electron chi connectivity index (χ4n) is 3.52. The van der Waals surface area contributed by atoms with Crippen molar-refractivity contribution < 1.29 is 19.4 Å². The lowest BCUT2D eigenvalue weighted by atomic mass is 9.89. The summed E-state index contributed by atoms with van der Waals surface area (Å²) in [4.78, 5) is 31.3. The van der Waals surface area contributed by atoms with Gasteiger partial charge >= 0.3 is 0 Å².